The van der Waals surface area contributed by atoms with Gasteiger partial charge in [-0.3, -0.25) is 0 Å². The summed E-state index contributed by atoms with van der Waals surface area (Å²) in [6.45, 7) is 5.47. The van der Waals surface area contributed by atoms with Gasteiger partial charge in [0.25, 0.3) is 0 Å². The first-order valence-electron chi connectivity index (χ1n) is 6.69. The van der Waals surface area contributed by atoms with Crippen molar-refractivity contribution in [3.8, 4) is 22.8 Å². The molecule has 0 aliphatic rings. The highest BCUT2D eigenvalue weighted by atomic mass is 19.1. The van der Waals surface area contributed by atoms with Crippen molar-refractivity contribution in [3.05, 3.63) is 42.3 Å². The summed E-state index contributed by atoms with van der Waals surface area (Å²) >= 11 is 0. The van der Waals surface area contributed by atoms with Gasteiger partial charge < -0.3 is 15.2 Å². The van der Waals surface area contributed by atoms with Crippen LogP contribution in [0.4, 0.5) is 9.18 Å². The molecule has 0 fully saturated rings. The summed E-state index contributed by atoms with van der Waals surface area (Å²) in [7, 11) is 0. The van der Waals surface area contributed by atoms with Crippen molar-refractivity contribution < 1.29 is 19.0 Å². The van der Waals surface area contributed by atoms with Crippen molar-refractivity contribution in [1.29, 1.82) is 0 Å². The number of amides is 1. The quantitative estimate of drug-likeness (QED) is 0.891. The molecule has 2 rings (SSSR count). The smallest absolute Gasteiger partial charge is 0.414 e. The van der Waals surface area contributed by atoms with Gasteiger partial charge in [-0.2, -0.15) is 0 Å². The van der Waals surface area contributed by atoms with Gasteiger partial charge in [-0.05, 0) is 50.6 Å². The number of aromatic nitrogens is 1. The van der Waals surface area contributed by atoms with E-state index in [1.807, 2.05) is 20.8 Å². The molecule has 22 heavy (non-hydrogen) atoms. The van der Waals surface area contributed by atoms with Gasteiger partial charge >= 0.3 is 6.09 Å². The Bertz CT molecular complexity index is 696. The Morgan fingerprint density at radius 2 is 2.00 bits per heavy atom. The lowest BCUT2D eigenvalue weighted by molar-refractivity contribution is 0.189. The molecular weight excluding hydrogens is 287 g/mol. The highest BCUT2D eigenvalue weighted by Crippen LogP contribution is 2.30. The Balaban J connectivity index is 2.24. The van der Waals surface area contributed by atoms with Crippen LogP contribution >= 0.6 is 0 Å². The summed E-state index contributed by atoms with van der Waals surface area (Å²) < 4.78 is 18.4. The van der Waals surface area contributed by atoms with Crippen LogP contribution in [-0.2, 0) is 0 Å². The van der Waals surface area contributed by atoms with Crippen LogP contribution in [0.2, 0.25) is 0 Å². The van der Waals surface area contributed by atoms with Gasteiger partial charge in [0, 0.05) is 23.4 Å². The highest BCUT2D eigenvalue weighted by Gasteiger charge is 2.16. The molecule has 0 unspecified atom stereocenters. The minimum atomic E-state index is -0.638. The number of hydrogen-bond acceptors (Lipinski definition) is 4. The number of pyridine rings is 1. The summed E-state index contributed by atoms with van der Waals surface area (Å²) in [5.74, 6) is -0.488. The normalized spacial score (nSPS) is 11.1. The maximum Gasteiger partial charge on any atom is 0.414 e. The zero-order valence-electron chi connectivity index (χ0n) is 12.6. The van der Waals surface area contributed by atoms with Crippen LogP contribution in [0, 0.1) is 5.82 Å². The molecular formula is C16H17FN2O3. The van der Waals surface area contributed by atoms with Crippen LogP contribution < -0.4 is 10.1 Å². The van der Waals surface area contributed by atoms with E-state index in [0.29, 0.717) is 11.1 Å². The monoisotopic (exact) mass is 304 g/mol. The third kappa shape index (κ3) is 4.18. The summed E-state index contributed by atoms with van der Waals surface area (Å²) in [6, 6.07) is 6.66. The lowest BCUT2D eigenvalue weighted by Gasteiger charge is -2.19. The van der Waals surface area contributed by atoms with E-state index in [0.717, 1.165) is 6.07 Å². The van der Waals surface area contributed by atoms with Crippen LogP contribution in [-0.4, -0.2) is 21.7 Å². The van der Waals surface area contributed by atoms with Crippen molar-refractivity contribution in [2.45, 2.75) is 26.3 Å². The molecule has 1 heterocycles. The first-order chi connectivity index (χ1) is 10.2. The van der Waals surface area contributed by atoms with E-state index in [2.05, 4.69) is 10.3 Å². The van der Waals surface area contributed by atoms with E-state index in [4.69, 9.17) is 4.74 Å². The molecule has 0 radical (unpaired) electrons. The molecule has 1 aromatic heterocycles. The summed E-state index contributed by atoms with van der Waals surface area (Å²) in [5, 5.41) is 12.4. The number of carbonyl (C=O) groups is 1. The number of phenolic OH excluding ortho intramolecular Hbond substituents is 1. The number of phenols is 1. The summed E-state index contributed by atoms with van der Waals surface area (Å²) in [5.41, 5.74) is 0.351. The van der Waals surface area contributed by atoms with Gasteiger partial charge in [0.2, 0.25) is 5.88 Å². The second-order valence-corrected chi connectivity index (χ2v) is 5.81. The lowest BCUT2D eigenvalue weighted by Crippen LogP contribution is -2.42. The van der Waals surface area contributed by atoms with Crippen molar-refractivity contribution in [2.24, 2.45) is 0 Å². The average molecular weight is 304 g/mol. The van der Waals surface area contributed by atoms with Crippen molar-refractivity contribution in [3.63, 3.8) is 0 Å². The molecule has 5 nitrogen and oxygen atoms in total. The molecule has 2 N–H and O–H groups in total. The van der Waals surface area contributed by atoms with Crippen LogP contribution in [0.15, 0.2) is 36.5 Å². The maximum absolute atomic E-state index is 13.3. The van der Waals surface area contributed by atoms with Gasteiger partial charge in [0.05, 0.1) is 0 Å². The number of hydrogen-bond donors (Lipinski definition) is 2. The highest BCUT2D eigenvalue weighted by molar-refractivity contribution is 5.73. The predicted molar refractivity (Wildman–Crippen MR) is 80.2 cm³/mol. The number of halogens is 1. The van der Waals surface area contributed by atoms with E-state index in [1.54, 1.807) is 6.07 Å². The third-order valence-corrected chi connectivity index (χ3v) is 2.68. The molecule has 0 saturated heterocycles. The maximum atomic E-state index is 13.3. The fourth-order valence-electron chi connectivity index (χ4n) is 1.80. The summed E-state index contributed by atoms with van der Waals surface area (Å²) in [6.07, 6.45) is 0.778. The Hall–Kier alpha value is -2.63. The zero-order valence-corrected chi connectivity index (χ0v) is 12.6. The van der Waals surface area contributed by atoms with Crippen LogP contribution in [0.3, 0.4) is 0 Å². The molecule has 0 spiro atoms. The van der Waals surface area contributed by atoms with Crippen LogP contribution in [0.1, 0.15) is 20.8 Å². The number of carbonyl (C=O) groups excluding carboxylic acids is 1. The van der Waals surface area contributed by atoms with E-state index in [-0.39, 0.29) is 11.6 Å². The van der Waals surface area contributed by atoms with E-state index in [9.17, 15) is 14.3 Å². The number of aromatic hydroxyl groups is 1. The van der Waals surface area contributed by atoms with E-state index < -0.39 is 17.4 Å². The fraction of sp³-hybridized carbons (Fsp3) is 0.250. The number of nitrogens with zero attached hydrogens (tertiary/aromatic N) is 1. The molecule has 1 amide bonds. The Morgan fingerprint density at radius 1 is 1.27 bits per heavy atom. The van der Waals surface area contributed by atoms with Crippen molar-refractivity contribution in [1.82, 2.24) is 10.3 Å². The molecule has 0 aliphatic heterocycles. The van der Waals surface area contributed by atoms with Gasteiger partial charge in [-0.1, -0.05) is 0 Å². The molecule has 0 atom stereocenters. The molecule has 2 aromatic rings. The van der Waals surface area contributed by atoms with Gasteiger partial charge in [-0.25, -0.2) is 14.2 Å². The van der Waals surface area contributed by atoms with Crippen LogP contribution in [0.5, 0.6) is 11.6 Å². The first-order valence-corrected chi connectivity index (χ1v) is 6.69. The zero-order chi connectivity index (χ0) is 16.3. The minimum Gasteiger partial charge on any atom is -0.507 e. The number of nitrogens with one attached hydrogen (secondary N) is 1. The molecule has 6 heteroatoms. The summed E-state index contributed by atoms with van der Waals surface area (Å²) in [4.78, 5) is 15.6. The van der Waals surface area contributed by atoms with Crippen LogP contribution in [0.25, 0.3) is 11.1 Å². The fourth-order valence-corrected chi connectivity index (χ4v) is 1.80. The minimum absolute atomic E-state index is 0.0583. The predicted octanol–water partition coefficient (Wildman–Crippen LogP) is 3.48. The average Bonchev–Trinajstić information content (AvgIpc) is 2.39. The topological polar surface area (TPSA) is 71.5 Å². The molecule has 0 aliphatic carbocycles. The van der Waals surface area contributed by atoms with E-state index in [1.165, 1.54) is 24.4 Å². The number of rotatable bonds is 2. The largest absolute Gasteiger partial charge is 0.507 e. The third-order valence-electron chi connectivity index (χ3n) is 2.68. The standard InChI is InChI=1S/C16H17FN2O3/c1-16(2,3)19-15(21)22-14-8-10(6-7-18-14)12-9-11(17)4-5-13(12)20/h4-9,20H,1-3H3,(H,19,21). The Morgan fingerprint density at radius 3 is 2.68 bits per heavy atom. The van der Waals surface area contributed by atoms with Crippen molar-refractivity contribution in [2.75, 3.05) is 0 Å². The lowest BCUT2D eigenvalue weighted by atomic mass is 10.1. The molecule has 0 bridgehead atoms. The molecule has 0 saturated carbocycles. The SMILES string of the molecule is CC(C)(C)NC(=O)Oc1cc(-c2cc(F)ccc2O)ccn1. The number of benzene rings is 1. The molecule has 1 aromatic carbocycles. The van der Waals surface area contributed by atoms with Gasteiger partial charge in [0.15, 0.2) is 0 Å². The molecule has 116 valence electrons. The van der Waals surface area contributed by atoms with Gasteiger partial charge in [0.1, 0.15) is 11.6 Å². The first kappa shape index (κ1) is 15.8. The van der Waals surface area contributed by atoms with E-state index >= 15 is 0 Å². The van der Waals surface area contributed by atoms with Gasteiger partial charge in [-0.15, -0.1) is 0 Å². The van der Waals surface area contributed by atoms with Crippen molar-refractivity contribution >= 4 is 6.09 Å². The Kier molecular flexibility index (Phi) is 4.30. The Labute approximate surface area is 127 Å². The second kappa shape index (κ2) is 6.01. The second-order valence-electron chi connectivity index (χ2n) is 5.81. The number of ether oxygens (including phenoxy) is 1.